The van der Waals surface area contributed by atoms with Gasteiger partial charge in [0, 0.05) is 10.8 Å². The number of benzene rings is 8. The number of rotatable bonds is 2. The van der Waals surface area contributed by atoms with Crippen LogP contribution >= 0.6 is 0 Å². The molecule has 1 heteroatoms. The van der Waals surface area contributed by atoms with Crippen LogP contribution < -0.4 is 0 Å². The molecule has 1 heterocycles. The average Bonchev–Trinajstić information content (AvgIpc) is 3.67. The normalized spacial score (nSPS) is 19.8. The zero-order chi connectivity index (χ0) is 46.9. The van der Waals surface area contributed by atoms with Crippen molar-refractivity contribution in [3.8, 4) is 22.3 Å². The minimum atomic E-state index is -0.904. The van der Waals surface area contributed by atoms with E-state index in [4.69, 9.17) is 27.7 Å². The maximum atomic E-state index is 9.46. The zero-order valence-electron chi connectivity index (χ0n) is 43.5. The summed E-state index contributed by atoms with van der Waals surface area (Å²) >= 11 is 0. The first-order chi connectivity index (χ1) is 29.9. The van der Waals surface area contributed by atoms with Crippen molar-refractivity contribution < 1.29 is 35.9 Å². The van der Waals surface area contributed by atoms with Gasteiger partial charge in [0.05, 0.1) is 31.5 Å². The van der Waals surface area contributed by atoms with E-state index in [2.05, 4.69) is 0 Å². The number of hydrogen-bond donors (Lipinski definition) is 0. The van der Waals surface area contributed by atoms with Gasteiger partial charge in [-0.2, -0.15) is 0 Å². The Hall–Kier alpha value is -5.40. The maximum Gasteiger partial charge on any atom is 0.136 e. The Kier molecular flexibility index (Phi) is 2.00. The van der Waals surface area contributed by atoms with E-state index >= 15 is 0 Å². The van der Waals surface area contributed by atoms with Crippen molar-refractivity contribution in [1.29, 1.82) is 0 Å². The summed E-state index contributed by atoms with van der Waals surface area (Å²) in [5.41, 5.74) is -3.21. The molecule has 190 valence electrons. The van der Waals surface area contributed by atoms with Crippen LogP contribution in [0.1, 0.15) is 31.5 Å². The van der Waals surface area contributed by atoms with Gasteiger partial charge in [-0.05, 0) is 83.5 Å². The summed E-state index contributed by atoms with van der Waals surface area (Å²) in [4.78, 5) is 0. The first-order valence-corrected chi connectivity index (χ1v) is 12.2. The summed E-state index contributed by atoms with van der Waals surface area (Å²) in [7, 11) is 0. The third kappa shape index (κ3) is 3.24. The summed E-state index contributed by atoms with van der Waals surface area (Å²) in [6, 6.07) is -17.3. The van der Waals surface area contributed by atoms with E-state index in [0.29, 0.717) is 0 Å². The van der Waals surface area contributed by atoms with Gasteiger partial charge in [0.2, 0.25) is 0 Å². The predicted molar refractivity (Wildman–Crippen MR) is 175 cm³/mol. The van der Waals surface area contributed by atoms with Crippen LogP contribution in [0.25, 0.3) is 87.3 Å². The molecule has 0 saturated carbocycles. The number of hydrogen-bond acceptors (Lipinski definition) is 1. The van der Waals surface area contributed by atoms with Crippen LogP contribution in [-0.4, -0.2) is 0 Å². The van der Waals surface area contributed by atoms with Gasteiger partial charge in [0.25, 0.3) is 0 Å². The summed E-state index contributed by atoms with van der Waals surface area (Å²) in [5, 5.41) is -4.82. The lowest BCUT2D eigenvalue weighted by Crippen LogP contribution is -1.92. The van der Waals surface area contributed by atoms with Gasteiger partial charge in [-0.3, -0.25) is 0 Å². The molecule has 0 amide bonds. The summed E-state index contributed by atoms with van der Waals surface area (Å²) in [6.45, 7) is 0. The lowest BCUT2D eigenvalue weighted by Gasteiger charge is -2.19. The molecule has 0 atom stereocenters. The monoisotopic (exact) mass is 543 g/mol. The highest BCUT2D eigenvalue weighted by atomic mass is 16.3. The topological polar surface area (TPSA) is 13.1 Å². The second kappa shape index (κ2) is 8.55. The van der Waals surface area contributed by atoms with Crippen LogP contribution in [0.2, 0.25) is 0 Å². The molecule has 0 spiro atoms. The Morgan fingerprint density at radius 1 is 0.390 bits per heavy atom. The fraction of sp³-hybridized carbons (Fsp3) is 0. The van der Waals surface area contributed by atoms with E-state index in [1.807, 2.05) is 0 Å². The van der Waals surface area contributed by atoms with Crippen LogP contribution in [0.15, 0.2) is 149 Å². The van der Waals surface area contributed by atoms with Crippen molar-refractivity contribution in [2.45, 2.75) is 0 Å². The van der Waals surface area contributed by atoms with Gasteiger partial charge in [0.15, 0.2) is 0 Å². The molecule has 0 fully saturated rings. The second-order valence-electron chi connectivity index (χ2n) is 9.09. The van der Waals surface area contributed by atoms with Gasteiger partial charge in [0.1, 0.15) is 11.2 Å². The molecular weight excluding hydrogens is 496 g/mol. The van der Waals surface area contributed by atoms with Crippen LogP contribution in [0.5, 0.6) is 0 Å². The molecule has 9 aromatic rings. The third-order valence-electron chi connectivity index (χ3n) is 6.96. The molecule has 0 radical (unpaired) electrons. The van der Waals surface area contributed by atoms with Gasteiger partial charge >= 0.3 is 0 Å². The van der Waals surface area contributed by atoms with Crippen LogP contribution in [0.3, 0.4) is 0 Å². The Morgan fingerprint density at radius 2 is 0.951 bits per heavy atom. The van der Waals surface area contributed by atoms with E-state index in [0.717, 1.165) is 6.07 Å². The third-order valence-corrected chi connectivity index (χ3v) is 6.96. The molecule has 0 N–H and O–H groups in total. The van der Waals surface area contributed by atoms with Crippen LogP contribution in [0.4, 0.5) is 0 Å². The molecule has 1 nitrogen and oxygen atoms in total. The van der Waals surface area contributed by atoms with Crippen LogP contribution in [0, 0.1) is 0 Å². The molecule has 0 bridgehead atoms. The van der Waals surface area contributed by atoms with Crippen molar-refractivity contribution in [2.75, 3.05) is 0 Å². The average molecular weight is 544 g/mol. The fourth-order valence-electron chi connectivity index (χ4n) is 5.30. The number of furan rings is 1. The van der Waals surface area contributed by atoms with Gasteiger partial charge in [-0.25, -0.2) is 0 Å². The summed E-state index contributed by atoms with van der Waals surface area (Å²) in [6.07, 6.45) is 0. The first-order valence-electron chi connectivity index (χ1n) is 23.7. The maximum absolute atomic E-state index is 9.46. The quantitative estimate of drug-likeness (QED) is 0.198. The Balaban J connectivity index is 1.68. The van der Waals surface area contributed by atoms with Gasteiger partial charge in [-0.1, -0.05) is 127 Å². The lowest BCUT2D eigenvalue weighted by atomic mass is 9.84. The molecule has 0 unspecified atom stereocenters. The minimum absolute atomic E-state index is 0.383. The minimum Gasteiger partial charge on any atom is -0.456 e. The standard InChI is InChI=1S/C40H24O/c1-2-13-27-24-37-35(23-26(27)12-1)40-34(21-10-22-36(40)41-37)39-32-18-7-5-16-30(32)38(31-17-6-8-19-33(31)39)29-20-9-14-25-11-3-4-15-28(25)29/h1-24H/i1D,2D,3D,4D,5D,6D,7D,8D,9D,10D,11D,12D,13D,14D,15D,16D,18D,19D,20D,21D,22D,23D,24D. The molecule has 9 rings (SSSR count). The summed E-state index contributed by atoms with van der Waals surface area (Å²) in [5.74, 6) is 0. The predicted octanol–water partition coefficient (Wildman–Crippen LogP) is 11.5. The van der Waals surface area contributed by atoms with Crippen LogP contribution in [-0.2, 0) is 0 Å². The number of fused-ring (bicyclic) bond motifs is 7. The SMILES string of the molecule is [2H]c1cc2c(-c3c([2H])c([2H])c([2H])c4c([2H])c([2H])c([2H])c([2H])c34)c3c([2H])c([2H])c([2H])c([2H])c3c(-c3c([2H])c([2H])c([2H])c4oc5c([2H])c6c([2H])c([2H])c([2H])c([2H])c6c([2H])c5c34)c2c([2H])c1[2H]. The largest absolute Gasteiger partial charge is 0.456 e. The Morgan fingerprint density at radius 3 is 1.76 bits per heavy atom. The van der Waals surface area contributed by atoms with Crippen molar-refractivity contribution in [2.24, 2.45) is 0 Å². The second-order valence-corrected chi connectivity index (χ2v) is 9.09. The van der Waals surface area contributed by atoms with Crippen molar-refractivity contribution >= 4 is 65.0 Å². The molecular formula is C40H24O. The Bertz CT molecular complexity index is 3750. The van der Waals surface area contributed by atoms with E-state index in [1.165, 1.54) is 0 Å². The fourth-order valence-corrected chi connectivity index (χ4v) is 5.30. The zero-order valence-corrected chi connectivity index (χ0v) is 20.5. The molecule has 41 heavy (non-hydrogen) atoms. The van der Waals surface area contributed by atoms with Gasteiger partial charge < -0.3 is 4.42 Å². The molecule has 0 aliphatic carbocycles. The molecule has 0 aliphatic rings. The lowest BCUT2D eigenvalue weighted by molar-refractivity contribution is 0.669. The van der Waals surface area contributed by atoms with E-state index in [9.17, 15) is 8.22 Å². The first kappa shape index (κ1) is 9.61. The summed E-state index contributed by atoms with van der Waals surface area (Å²) < 4.78 is 211. The molecule has 0 saturated heterocycles. The smallest absolute Gasteiger partial charge is 0.136 e. The molecule has 0 aliphatic heterocycles. The van der Waals surface area contributed by atoms with E-state index in [-0.39, 0.29) is 5.39 Å². The van der Waals surface area contributed by atoms with Crippen molar-refractivity contribution in [3.05, 3.63) is 145 Å². The van der Waals surface area contributed by atoms with Gasteiger partial charge in [-0.15, -0.1) is 0 Å². The molecule has 1 aromatic heterocycles. The van der Waals surface area contributed by atoms with Crippen molar-refractivity contribution in [3.63, 3.8) is 0 Å². The highest BCUT2D eigenvalue weighted by molar-refractivity contribution is 6.27. The highest BCUT2D eigenvalue weighted by Gasteiger charge is 2.21. The Labute approximate surface area is 269 Å². The molecule has 8 aromatic carbocycles. The van der Waals surface area contributed by atoms with E-state index < -0.39 is 221 Å². The van der Waals surface area contributed by atoms with Crippen molar-refractivity contribution in [1.82, 2.24) is 0 Å². The van der Waals surface area contributed by atoms with E-state index in [1.54, 1.807) is 0 Å². The highest BCUT2D eigenvalue weighted by Crippen LogP contribution is 2.48.